The predicted octanol–water partition coefficient (Wildman–Crippen LogP) is 6.75. The van der Waals surface area contributed by atoms with Crippen molar-refractivity contribution >= 4 is 49.7 Å². The fourth-order valence-corrected chi connectivity index (χ4v) is 5.22. The van der Waals surface area contributed by atoms with Crippen molar-refractivity contribution in [3.05, 3.63) is 96.1 Å². The Balaban J connectivity index is 1.43. The zero-order valence-corrected chi connectivity index (χ0v) is 18.4. The SMILES string of the molecule is CN(C(=N)N(C)c1ccc2c3c(cccc13)CC2)c1cccc2cc3ccccc3cc12. The Morgan fingerprint density at radius 3 is 2.03 bits per heavy atom. The number of aryl methyl sites for hydroxylation is 2. The second-order valence-corrected chi connectivity index (χ2v) is 8.72. The van der Waals surface area contributed by atoms with Crippen LogP contribution in [0.25, 0.3) is 32.3 Å². The van der Waals surface area contributed by atoms with E-state index in [2.05, 4.69) is 84.9 Å². The molecule has 5 aromatic carbocycles. The molecule has 5 aromatic rings. The Kier molecular flexibility index (Phi) is 4.19. The standard InChI is InChI=1S/C29H25N3/c1-31(26-12-6-10-23-17-21-7-3-4-8-22(21)18-25(23)26)29(30)32(2)27-16-15-20-14-13-19-9-5-11-24(27)28(19)20/h3-12,15-18,30H,13-14H2,1-2H3. The fraction of sp³-hybridized carbons (Fsp3) is 0.138. The van der Waals surface area contributed by atoms with Gasteiger partial charge in [-0.2, -0.15) is 0 Å². The van der Waals surface area contributed by atoms with Crippen molar-refractivity contribution in [1.82, 2.24) is 0 Å². The first-order valence-corrected chi connectivity index (χ1v) is 11.1. The molecule has 0 heterocycles. The highest BCUT2D eigenvalue weighted by Crippen LogP contribution is 2.37. The number of nitrogens with zero attached hydrogens (tertiary/aromatic N) is 2. The van der Waals surface area contributed by atoms with Crippen molar-refractivity contribution < 1.29 is 0 Å². The molecule has 156 valence electrons. The lowest BCUT2D eigenvalue weighted by atomic mass is 10.0. The van der Waals surface area contributed by atoms with Gasteiger partial charge < -0.3 is 9.80 Å². The average Bonchev–Trinajstić information content (AvgIpc) is 3.26. The van der Waals surface area contributed by atoms with E-state index in [1.54, 1.807) is 0 Å². The third-order valence-corrected chi connectivity index (χ3v) is 6.94. The zero-order chi connectivity index (χ0) is 21.8. The number of benzene rings is 5. The molecule has 0 spiro atoms. The van der Waals surface area contributed by atoms with Crippen LogP contribution in [0.15, 0.2) is 84.9 Å². The van der Waals surface area contributed by atoms with Gasteiger partial charge in [0.2, 0.25) is 5.96 Å². The van der Waals surface area contributed by atoms with Crippen LogP contribution >= 0.6 is 0 Å². The van der Waals surface area contributed by atoms with E-state index < -0.39 is 0 Å². The van der Waals surface area contributed by atoms with Crippen LogP contribution in [0.3, 0.4) is 0 Å². The molecule has 1 N–H and O–H groups in total. The summed E-state index contributed by atoms with van der Waals surface area (Å²) in [5, 5.41) is 16.5. The quantitative estimate of drug-likeness (QED) is 0.196. The monoisotopic (exact) mass is 415 g/mol. The first kappa shape index (κ1) is 18.9. The van der Waals surface area contributed by atoms with E-state index >= 15 is 0 Å². The smallest absolute Gasteiger partial charge is 0.202 e. The van der Waals surface area contributed by atoms with Gasteiger partial charge in [-0.15, -0.1) is 0 Å². The summed E-state index contributed by atoms with van der Waals surface area (Å²) < 4.78 is 0. The Morgan fingerprint density at radius 2 is 1.25 bits per heavy atom. The van der Waals surface area contributed by atoms with Gasteiger partial charge in [0.15, 0.2) is 0 Å². The number of rotatable bonds is 2. The highest BCUT2D eigenvalue weighted by Gasteiger charge is 2.21. The van der Waals surface area contributed by atoms with Crippen LogP contribution in [0.5, 0.6) is 0 Å². The lowest BCUT2D eigenvalue weighted by molar-refractivity contribution is 1.02. The number of fused-ring (bicyclic) bond motifs is 2. The minimum atomic E-state index is 0.448. The maximum absolute atomic E-state index is 9.06. The lowest BCUT2D eigenvalue weighted by Gasteiger charge is -2.30. The molecule has 32 heavy (non-hydrogen) atoms. The summed E-state index contributed by atoms with van der Waals surface area (Å²) in [6, 6.07) is 30.2. The fourth-order valence-electron chi connectivity index (χ4n) is 5.22. The van der Waals surface area contributed by atoms with Gasteiger partial charge >= 0.3 is 0 Å². The molecule has 0 saturated carbocycles. The third kappa shape index (κ3) is 2.78. The van der Waals surface area contributed by atoms with Crippen molar-refractivity contribution in [3.8, 4) is 0 Å². The van der Waals surface area contributed by atoms with Gasteiger partial charge in [-0.1, -0.05) is 60.7 Å². The van der Waals surface area contributed by atoms with Crippen LogP contribution in [0.4, 0.5) is 11.4 Å². The number of guanidine groups is 1. The minimum Gasteiger partial charge on any atom is -0.315 e. The second kappa shape index (κ2) is 7.10. The average molecular weight is 416 g/mol. The molecule has 0 bridgehead atoms. The summed E-state index contributed by atoms with van der Waals surface area (Å²) in [7, 11) is 3.99. The van der Waals surface area contributed by atoms with Crippen LogP contribution < -0.4 is 9.80 Å². The van der Waals surface area contributed by atoms with Gasteiger partial charge in [-0.3, -0.25) is 5.41 Å². The number of nitrogens with one attached hydrogen (secondary N) is 1. The van der Waals surface area contributed by atoms with Gasteiger partial charge in [0.05, 0.1) is 11.4 Å². The predicted molar refractivity (Wildman–Crippen MR) is 137 cm³/mol. The van der Waals surface area contributed by atoms with E-state index in [-0.39, 0.29) is 0 Å². The number of anilines is 2. The molecular weight excluding hydrogens is 390 g/mol. The number of hydrogen-bond donors (Lipinski definition) is 1. The molecule has 0 unspecified atom stereocenters. The van der Waals surface area contributed by atoms with Gasteiger partial charge in [0.25, 0.3) is 0 Å². The molecule has 0 atom stereocenters. The Bertz CT molecular complexity index is 1520. The van der Waals surface area contributed by atoms with Gasteiger partial charge in [-0.25, -0.2) is 0 Å². The van der Waals surface area contributed by atoms with E-state index in [4.69, 9.17) is 5.41 Å². The molecule has 0 radical (unpaired) electrons. The summed E-state index contributed by atoms with van der Waals surface area (Å²) >= 11 is 0. The Labute approximate surface area is 188 Å². The van der Waals surface area contributed by atoms with Crippen LogP contribution in [-0.4, -0.2) is 20.1 Å². The molecule has 0 fully saturated rings. The highest BCUT2D eigenvalue weighted by molar-refractivity contribution is 6.14. The summed E-state index contributed by atoms with van der Waals surface area (Å²) in [6.07, 6.45) is 2.22. The molecule has 0 saturated heterocycles. The molecular formula is C29H25N3. The van der Waals surface area contributed by atoms with E-state index in [1.807, 2.05) is 23.9 Å². The molecule has 0 amide bonds. The van der Waals surface area contributed by atoms with Crippen LogP contribution in [0.1, 0.15) is 11.1 Å². The first-order valence-electron chi connectivity index (χ1n) is 11.1. The number of hydrogen-bond acceptors (Lipinski definition) is 1. The molecule has 1 aliphatic rings. The second-order valence-electron chi connectivity index (χ2n) is 8.72. The van der Waals surface area contributed by atoms with Crippen LogP contribution in [-0.2, 0) is 12.8 Å². The van der Waals surface area contributed by atoms with E-state index in [9.17, 15) is 0 Å². The van der Waals surface area contributed by atoms with Crippen LogP contribution in [0.2, 0.25) is 0 Å². The summed E-state index contributed by atoms with van der Waals surface area (Å²) in [5.74, 6) is 0.448. The van der Waals surface area contributed by atoms with Crippen molar-refractivity contribution in [2.75, 3.05) is 23.9 Å². The Morgan fingerprint density at radius 1 is 0.625 bits per heavy atom. The summed E-state index contributed by atoms with van der Waals surface area (Å²) in [4.78, 5) is 3.99. The molecule has 6 rings (SSSR count). The van der Waals surface area contributed by atoms with Crippen molar-refractivity contribution in [1.29, 1.82) is 5.41 Å². The first-order chi connectivity index (χ1) is 15.6. The molecule has 3 nitrogen and oxygen atoms in total. The zero-order valence-electron chi connectivity index (χ0n) is 18.4. The summed E-state index contributed by atoms with van der Waals surface area (Å²) in [5.41, 5.74) is 4.97. The minimum absolute atomic E-state index is 0.448. The van der Waals surface area contributed by atoms with Crippen molar-refractivity contribution in [2.24, 2.45) is 0 Å². The maximum atomic E-state index is 9.06. The molecule has 3 heteroatoms. The molecule has 0 aliphatic heterocycles. The summed E-state index contributed by atoms with van der Waals surface area (Å²) in [6.45, 7) is 0. The lowest BCUT2D eigenvalue weighted by Crippen LogP contribution is -2.39. The van der Waals surface area contributed by atoms with E-state index in [1.165, 1.54) is 38.1 Å². The largest absolute Gasteiger partial charge is 0.315 e. The van der Waals surface area contributed by atoms with Crippen molar-refractivity contribution in [2.45, 2.75) is 12.8 Å². The van der Waals surface area contributed by atoms with Gasteiger partial charge in [0.1, 0.15) is 0 Å². The van der Waals surface area contributed by atoms with Crippen molar-refractivity contribution in [3.63, 3.8) is 0 Å². The van der Waals surface area contributed by atoms with Gasteiger partial charge in [-0.05, 0) is 69.8 Å². The van der Waals surface area contributed by atoms with Gasteiger partial charge in [0, 0.05) is 24.9 Å². The molecule has 0 aromatic heterocycles. The normalized spacial score (nSPS) is 12.6. The topological polar surface area (TPSA) is 30.3 Å². The van der Waals surface area contributed by atoms with Crippen LogP contribution in [0, 0.1) is 5.41 Å². The Hall–Kier alpha value is -3.85. The third-order valence-electron chi connectivity index (χ3n) is 6.94. The molecule has 1 aliphatic carbocycles. The highest BCUT2D eigenvalue weighted by atomic mass is 15.3. The maximum Gasteiger partial charge on any atom is 0.202 e. The van der Waals surface area contributed by atoms with E-state index in [0.29, 0.717) is 5.96 Å². The van der Waals surface area contributed by atoms with E-state index in [0.717, 1.165) is 29.6 Å².